The van der Waals surface area contributed by atoms with Crippen molar-refractivity contribution >= 4 is 29.2 Å². The number of imide groups is 1. The molecular weight excluding hydrogens is 432 g/mol. The monoisotopic (exact) mass is 456 g/mol. The molecule has 0 spiro atoms. The normalized spacial score (nSPS) is 16.4. The Balaban J connectivity index is 1.39. The topological polar surface area (TPSA) is 91.8 Å². The molecule has 3 aromatic rings. The maximum Gasteiger partial charge on any atom is 0.262 e. The van der Waals surface area contributed by atoms with Crippen LogP contribution in [-0.4, -0.2) is 60.0 Å². The molecule has 8 nitrogen and oxygen atoms in total. The van der Waals surface area contributed by atoms with Gasteiger partial charge in [-0.2, -0.15) is 0 Å². The lowest BCUT2D eigenvalue weighted by Gasteiger charge is -2.28. The SMILES string of the molecule is O=C(Nc1ccc(N2CCOCC2)nc1)[C@H](Cc1ccccc1)N1C(=O)c2ccccc2C1=O. The number of aromatic nitrogens is 1. The maximum absolute atomic E-state index is 13.4. The number of ether oxygens (including phenoxy) is 1. The third-order valence-electron chi connectivity index (χ3n) is 6.06. The van der Waals surface area contributed by atoms with Crippen molar-refractivity contribution in [1.82, 2.24) is 9.88 Å². The highest BCUT2D eigenvalue weighted by atomic mass is 16.5. The Bertz CT molecular complexity index is 1170. The lowest BCUT2D eigenvalue weighted by atomic mass is 10.0. The van der Waals surface area contributed by atoms with Crippen LogP contribution < -0.4 is 10.2 Å². The number of amides is 3. The Morgan fingerprint density at radius 3 is 2.18 bits per heavy atom. The Labute approximate surface area is 197 Å². The molecule has 2 aliphatic rings. The second-order valence-corrected chi connectivity index (χ2v) is 8.23. The van der Waals surface area contributed by atoms with Crippen molar-refractivity contribution in [1.29, 1.82) is 0 Å². The molecule has 2 aliphatic heterocycles. The van der Waals surface area contributed by atoms with Crippen LogP contribution in [0.3, 0.4) is 0 Å². The highest BCUT2D eigenvalue weighted by molar-refractivity contribution is 6.23. The van der Waals surface area contributed by atoms with Gasteiger partial charge >= 0.3 is 0 Å². The number of pyridine rings is 1. The molecule has 5 rings (SSSR count). The molecule has 0 bridgehead atoms. The van der Waals surface area contributed by atoms with Gasteiger partial charge in [0.1, 0.15) is 11.9 Å². The number of carbonyl (C=O) groups is 3. The number of carbonyl (C=O) groups excluding carboxylic acids is 3. The molecule has 3 heterocycles. The zero-order valence-electron chi connectivity index (χ0n) is 18.5. The van der Waals surface area contributed by atoms with Crippen molar-refractivity contribution in [3.05, 3.63) is 89.6 Å². The largest absolute Gasteiger partial charge is 0.378 e. The summed E-state index contributed by atoms with van der Waals surface area (Å²) in [6.45, 7) is 2.83. The molecule has 1 fully saturated rings. The Hall–Kier alpha value is -4.04. The molecule has 0 aliphatic carbocycles. The van der Waals surface area contributed by atoms with Gasteiger partial charge in [0.05, 0.1) is 36.2 Å². The number of hydrogen-bond donors (Lipinski definition) is 1. The summed E-state index contributed by atoms with van der Waals surface area (Å²) >= 11 is 0. The van der Waals surface area contributed by atoms with Gasteiger partial charge in [-0.1, -0.05) is 42.5 Å². The van der Waals surface area contributed by atoms with Crippen LogP contribution in [0.4, 0.5) is 11.5 Å². The van der Waals surface area contributed by atoms with Crippen molar-refractivity contribution in [2.24, 2.45) is 0 Å². The van der Waals surface area contributed by atoms with E-state index in [0.29, 0.717) is 30.0 Å². The van der Waals surface area contributed by atoms with Crippen LogP contribution in [0.2, 0.25) is 0 Å². The third kappa shape index (κ3) is 4.27. The fourth-order valence-electron chi connectivity index (χ4n) is 4.29. The van der Waals surface area contributed by atoms with Crippen molar-refractivity contribution in [3.8, 4) is 0 Å². The Morgan fingerprint density at radius 1 is 0.912 bits per heavy atom. The van der Waals surface area contributed by atoms with Crippen LogP contribution in [-0.2, 0) is 16.0 Å². The summed E-state index contributed by atoms with van der Waals surface area (Å²) in [5.74, 6) is -0.559. The van der Waals surface area contributed by atoms with Gasteiger partial charge in [0.2, 0.25) is 5.91 Å². The molecule has 0 radical (unpaired) electrons. The van der Waals surface area contributed by atoms with Gasteiger partial charge in [0, 0.05) is 19.5 Å². The number of anilines is 2. The van der Waals surface area contributed by atoms with Gasteiger partial charge in [-0.3, -0.25) is 19.3 Å². The quantitative estimate of drug-likeness (QED) is 0.574. The van der Waals surface area contributed by atoms with E-state index in [1.807, 2.05) is 36.4 Å². The van der Waals surface area contributed by atoms with E-state index in [2.05, 4.69) is 15.2 Å². The molecule has 1 N–H and O–H groups in total. The van der Waals surface area contributed by atoms with Gasteiger partial charge in [-0.25, -0.2) is 4.98 Å². The van der Waals surface area contributed by atoms with Gasteiger partial charge in [-0.05, 0) is 29.8 Å². The average Bonchev–Trinajstić information content (AvgIpc) is 3.14. The van der Waals surface area contributed by atoms with E-state index in [-0.39, 0.29) is 6.42 Å². The van der Waals surface area contributed by atoms with Crippen molar-refractivity contribution in [2.45, 2.75) is 12.5 Å². The zero-order chi connectivity index (χ0) is 23.5. The molecule has 34 heavy (non-hydrogen) atoms. The van der Waals surface area contributed by atoms with Gasteiger partial charge in [0.15, 0.2) is 0 Å². The van der Waals surface area contributed by atoms with E-state index in [0.717, 1.165) is 29.4 Å². The van der Waals surface area contributed by atoms with E-state index >= 15 is 0 Å². The summed E-state index contributed by atoms with van der Waals surface area (Å²) in [5, 5.41) is 2.85. The standard InChI is InChI=1S/C26H24N4O4/c31-24(28-19-10-11-23(27-17-19)29-12-14-34-15-13-29)22(16-18-6-2-1-3-7-18)30-25(32)20-8-4-5-9-21(20)26(30)33/h1-11,17,22H,12-16H2,(H,28,31)/t22-/m0/s1. The summed E-state index contributed by atoms with van der Waals surface area (Å²) in [5.41, 5.74) is 1.97. The first-order chi connectivity index (χ1) is 16.6. The Kier molecular flexibility index (Phi) is 6.05. The van der Waals surface area contributed by atoms with Gasteiger partial charge < -0.3 is 15.0 Å². The lowest BCUT2D eigenvalue weighted by Crippen LogP contribution is -2.48. The molecule has 1 atom stereocenters. The minimum absolute atomic E-state index is 0.206. The van der Waals surface area contributed by atoms with Crippen LogP contribution >= 0.6 is 0 Å². The summed E-state index contributed by atoms with van der Waals surface area (Å²) in [4.78, 5) is 47.3. The summed E-state index contributed by atoms with van der Waals surface area (Å²) in [6, 6.07) is 18.6. The van der Waals surface area contributed by atoms with Gasteiger partial charge in [-0.15, -0.1) is 0 Å². The van der Waals surface area contributed by atoms with Crippen LogP contribution in [0, 0.1) is 0 Å². The van der Waals surface area contributed by atoms with E-state index in [9.17, 15) is 14.4 Å². The van der Waals surface area contributed by atoms with Crippen LogP contribution in [0.1, 0.15) is 26.3 Å². The first kappa shape index (κ1) is 21.8. The smallest absolute Gasteiger partial charge is 0.262 e. The molecule has 0 unspecified atom stereocenters. The summed E-state index contributed by atoms with van der Waals surface area (Å²) < 4.78 is 5.38. The Morgan fingerprint density at radius 2 is 1.56 bits per heavy atom. The van der Waals surface area contributed by atoms with Crippen LogP contribution in [0.25, 0.3) is 0 Å². The zero-order valence-corrected chi connectivity index (χ0v) is 18.5. The molecule has 1 aromatic heterocycles. The predicted octanol–water partition coefficient (Wildman–Crippen LogP) is 2.76. The number of morpholine rings is 1. The molecular formula is C26H24N4O4. The highest BCUT2D eigenvalue weighted by Crippen LogP contribution is 2.27. The maximum atomic E-state index is 13.4. The molecule has 2 aromatic carbocycles. The van der Waals surface area contributed by atoms with Gasteiger partial charge in [0.25, 0.3) is 11.8 Å². The van der Waals surface area contributed by atoms with Crippen molar-refractivity contribution in [2.75, 3.05) is 36.5 Å². The highest BCUT2D eigenvalue weighted by Gasteiger charge is 2.42. The molecule has 3 amide bonds. The van der Waals surface area contributed by atoms with E-state index in [1.165, 1.54) is 0 Å². The summed E-state index contributed by atoms with van der Waals surface area (Å²) in [6.07, 6.45) is 1.79. The number of nitrogens with zero attached hydrogens (tertiary/aromatic N) is 3. The molecule has 1 saturated heterocycles. The van der Waals surface area contributed by atoms with Crippen LogP contribution in [0.15, 0.2) is 72.9 Å². The van der Waals surface area contributed by atoms with Crippen molar-refractivity contribution < 1.29 is 19.1 Å². The van der Waals surface area contributed by atoms with E-state index in [1.54, 1.807) is 36.5 Å². The minimum Gasteiger partial charge on any atom is -0.378 e. The third-order valence-corrected chi connectivity index (χ3v) is 6.06. The second-order valence-electron chi connectivity index (χ2n) is 8.23. The number of benzene rings is 2. The number of nitrogens with one attached hydrogen (secondary N) is 1. The molecule has 0 saturated carbocycles. The van der Waals surface area contributed by atoms with Crippen molar-refractivity contribution in [3.63, 3.8) is 0 Å². The second kappa shape index (κ2) is 9.44. The van der Waals surface area contributed by atoms with E-state index in [4.69, 9.17) is 4.74 Å². The number of fused-ring (bicyclic) bond motifs is 1. The lowest BCUT2D eigenvalue weighted by molar-refractivity contribution is -0.119. The first-order valence-electron chi connectivity index (χ1n) is 11.2. The predicted molar refractivity (Wildman–Crippen MR) is 127 cm³/mol. The van der Waals surface area contributed by atoms with Crippen LogP contribution in [0.5, 0.6) is 0 Å². The average molecular weight is 457 g/mol. The minimum atomic E-state index is -1.01. The summed E-state index contributed by atoms with van der Waals surface area (Å²) in [7, 11) is 0. The fraction of sp³-hybridized carbons (Fsp3) is 0.231. The molecule has 8 heteroatoms. The first-order valence-corrected chi connectivity index (χ1v) is 11.2. The van der Waals surface area contributed by atoms with E-state index < -0.39 is 23.8 Å². The number of hydrogen-bond acceptors (Lipinski definition) is 6. The number of rotatable bonds is 6. The fourth-order valence-corrected chi connectivity index (χ4v) is 4.29. The molecule has 172 valence electrons.